The Bertz CT molecular complexity index is 1530. The molecule has 196 valence electrons. The first-order chi connectivity index (χ1) is 18.2. The number of β-lactam (4-membered cyclic amide) rings is 1. The smallest absolute Gasteiger partial charge is 0.344 e. The third-order valence-corrected chi connectivity index (χ3v) is 7.92. The topological polar surface area (TPSA) is 204 Å². The molecule has 5 rings (SSSR count). The van der Waals surface area contributed by atoms with E-state index in [1.165, 1.54) is 17.8 Å². The van der Waals surface area contributed by atoms with Gasteiger partial charge in [-0.3, -0.25) is 14.5 Å². The minimum absolute atomic E-state index is 0.139. The number of hydrogen-bond acceptors (Lipinski definition) is 12. The van der Waals surface area contributed by atoms with E-state index in [4.69, 9.17) is 15.4 Å². The number of fused-ring (bicyclic) bond motifs is 2. The molecule has 0 aliphatic carbocycles. The van der Waals surface area contributed by atoms with Gasteiger partial charge >= 0.3 is 5.97 Å². The Morgan fingerprint density at radius 2 is 2.21 bits per heavy atom. The highest BCUT2D eigenvalue weighted by Gasteiger charge is 2.53. The predicted molar refractivity (Wildman–Crippen MR) is 130 cm³/mol. The molecule has 2 amide bonds. The number of anilines is 1. The summed E-state index contributed by atoms with van der Waals surface area (Å²) in [6.07, 6.45) is 3.73. The number of amides is 2. The van der Waals surface area contributed by atoms with E-state index in [-0.39, 0.29) is 29.6 Å². The van der Waals surface area contributed by atoms with Crippen molar-refractivity contribution >= 4 is 68.5 Å². The Hall–Kier alpha value is -4.44. The van der Waals surface area contributed by atoms with Crippen LogP contribution in [-0.4, -0.2) is 68.4 Å². The number of carboxylic acid groups (broad SMARTS) is 2. The lowest BCUT2D eigenvalue weighted by molar-refractivity contribution is -0.687. The number of aliphatic carboxylic acids is 2. The van der Waals surface area contributed by atoms with Crippen LogP contribution in [0.25, 0.3) is 10.1 Å². The number of carbonyl (C=O) groups excluding carboxylic acids is 3. The fourth-order valence-electron chi connectivity index (χ4n) is 4.04. The molecule has 14 nitrogen and oxygen atoms in total. The summed E-state index contributed by atoms with van der Waals surface area (Å²) < 4.78 is 7.66. The average molecular weight is 559 g/mol. The lowest BCUT2D eigenvalue weighted by atomic mass is 10.0. The zero-order valence-corrected chi connectivity index (χ0v) is 20.9. The Kier molecular flexibility index (Phi) is 6.73. The molecule has 1 saturated heterocycles. The third-order valence-electron chi connectivity index (χ3n) is 5.68. The molecule has 1 unspecified atom stereocenters. The van der Waals surface area contributed by atoms with Crippen LogP contribution in [-0.2, 0) is 30.6 Å². The summed E-state index contributed by atoms with van der Waals surface area (Å²) in [5, 5.41) is 32.7. The van der Waals surface area contributed by atoms with E-state index in [0.717, 1.165) is 15.0 Å². The third kappa shape index (κ3) is 4.78. The number of nitrogens with one attached hydrogen (secondary N) is 1. The number of rotatable bonds is 9. The van der Waals surface area contributed by atoms with Gasteiger partial charge in [0, 0.05) is 28.2 Å². The van der Waals surface area contributed by atoms with Gasteiger partial charge in [0.25, 0.3) is 11.8 Å². The maximum Gasteiger partial charge on any atom is 0.344 e. The van der Waals surface area contributed by atoms with Crippen LogP contribution in [0.2, 0.25) is 0 Å². The summed E-state index contributed by atoms with van der Waals surface area (Å²) in [6.45, 7) is -0.598. The number of pyridine rings is 1. The fourth-order valence-corrected chi connectivity index (χ4v) is 6.13. The monoisotopic (exact) mass is 558 g/mol. The molecule has 4 N–H and O–H groups in total. The van der Waals surface area contributed by atoms with Crippen LogP contribution in [0.3, 0.4) is 0 Å². The minimum Gasteiger partial charge on any atom is -0.543 e. The number of nitrogen functional groups attached to an aromatic ring is 1. The number of thiophene rings is 1. The van der Waals surface area contributed by atoms with E-state index in [1.807, 2.05) is 34.5 Å². The first kappa shape index (κ1) is 25.2. The van der Waals surface area contributed by atoms with Crippen molar-refractivity contribution in [3.8, 4) is 0 Å². The van der Waals surface area contributed by atoms with Gasteiger partial charge < -0.3 is 35.4 Å². The quantitative estimate of drug-likeness (QED) is 0.121. The molecule has 38 heavy (non-hydrogen) atoms. The first-order valence-electron chi connectivity index (χ1n) is 10.9. The van der Waals surface area contributed by atoms with E-state index in [1.54, 1.807) is 11.3 Å². The van der Waals surface area contributed by atoms with Crippen molar-refractivity contribution in [1.29, 1.82) is 0 Å². The van der Waals surface area contributed by atoms with E-state index in [2.05, 4.69) is 20.5 Å². The van der Waals surface area contributed by atoms with Gasteiger partial charge in [0.15, 0.2) is 24.7 Å². The number of carboxylic acids is 2. The molecular weight excluding hydrogens is 540 g/mol. The lowest BCUT2D eigenvalue weighted by Gasteiger charge is -2.50. The number of hydrogen-bond donors (Lipinski definition) is 3. The van der Waals surface area contributed by atoms with Crippen molar-refractivity contribution in [3.63, 3.8) is 0 Å². The van der Waals surface area contributed by atoms with Crippen molar-refractivity contribution in [1.82, 2.24) is 15.4 Å². The van der Waals surface area contributed by atoms with Crippen molar-refractivity contribution in [3.05, 3.63) is 52.9 Å². The average Bonchev–Trinajstić information content (AvgIpc) is 3.52. The van der Waals surface area contributed by atoms with Gasteiger partial charge in [-0.05, 0) is 11.4 Å². The predicted octanol–water partition coefficient (Wildman–Crippen LogP) is -1.33. The highest BCUT2D eigenvalue weighted by Crippen LogP contribution is 2.40. The highest BCUT2D eigenvalue weighted by atomic mass is 32.2. The molecule has 0 radical (unpaired) electrons. The van der Waals surface area contributed by atoms with Crippen LogP contribution in [0.1, 0.15) is 5.69 Å². The van der Waals surface area contributed by atoms with Crippen molar-refractivity contribution in [2.24, 2.45) is 5.16 Å². The Balaban J connectivity index is 1.34. The van der Waals surface area contributed by atoms with E-state index >= 15 is 0 Å². The zero-order valence-electron chi connectivity index (χ0n) is 19.2. The van der Waals surface area contributed by atoms with Crippen molar-refractivity contribution in [2.45, 2.75) is 18.0 Å². The molecule has 2 aliphatic rings. The second kappa shape index (κ2) is 10.1. The number of nitrogens with two attached hydrogens (primary N) is 1. The number of thioether (sulfide) groups is 1. The van der Waals surface area contributed by atoms with Crippen LogP contribution in [0.15, 0.2) is 56.9 Å². The van der Waals surface area contributed by atoms with Crippen LogP contribution >= 0.6 is 23.1 Å². The molecule has 2 aliphatic heterocycles. The fraction of sp³-hybridized carbons (Fsp3) is 0.227. The summed E-state index contributed by atoms with van der Waals surface area (Å²) >= 11 is 2.87. The van der Waals surface area contributed by atoms with Gasteiger partial charge in [-0.1, -0.05) is 10.3 Å². The molecule has 0 saturated carbocycles. The summed E-state index contributed by atoms with van der Waals surface area (Å²) in [7, 11) is 0. The lowest BCUT2D eigenvalue weighted by Crippen LogP contribution is -2.71. The SMILES string of the molecule is Nc1cc(C(=NOCC(=O)O)C(=O)NC2C(=O)N3C(C(=O)[O-])=C(C[n+]4ccc5sccc5c4)CS[C@@H]23)no1. The minimum atomic E-state index is -1.50. The van der Waals surface area contributed by atoms with Crippen LogP contribution < -0.4 is 20.7 Å². The molecule has 5 heterocycles. The second-order valence-electron chi connectivity index (χ2n) is 8.18. The van der Waals surface area contributed by atoms with E-state index in [0.29, 0.717) is 5.57 Å². The Morgan fingerprint density at radius 1 is 1.39 bits per heavy atom. The molecule has 0 spiro atoms. The van der Waals surface area contributed by atoms with Gasteiger partial charge in [-0.25, -0.2) is 9.36 Å². The largest absolute Gasteiger partial charge is 0.543 e. The number of aromatic nitrogens is 2. The maximum atomic E-state index is 13.0. The number of oxime groups is 1. The second-order valence-corrected chi connectivity index (χ2v) is 10.2. The molecular formula is C22H18N6O8S2. The van der Waals surface area contributed by atoms with Crippen LogP contribution in [0, 0.1) is 0 Å². The van der Waals surface area contributed by atoms with Gasteiger partial charge in [-0.15, -0.1) is 23.1 Å². The Morgan fingerprint density at radius 3 is 2.92 bits per heavy atom. The van der Waals surface area contributed by atoms with E-state index < -0.39 is 47.5 Å². The van der Waals surface area contributed by atoms with Gasteiger partial charge in [0.1, 0.15) is 17.1 Å². The van der Waals surface area contributed by atoms with Crippen LogP contribution in [0.4, 0.5) is 5.88 Å². The van der Waals surface area contributed by atoms with Crippen molar-refractivity contribution in [2.75, 3.05) is 18.1 Å². The Labute approximate surface area is 221 Å². The molecule has 0 bridgehead atoms. The molecule has 16 heteroatoms. The van der Waals surface area contributed by atoms with Crippen molar-refractivity contribution < 1.29 is 43.3 Å². The normalized spacial score (nSPS) is 19.2. The van der Waals surface area contributed by atoms with Crippen LogP contribution in [0.5, 0.6) is 0 Å². The standard InChI is InChI=1S/C22H18N6O8S2/c23-14-5-12(25-36-14)16(26-35-8-15(29)30)19(31)24-17-20(32)28-18(22(33)34)11(9-38-21(17)28)7-27-3-1-13-10(6-27)2-4-37-13/h1-6,17,21H,7-9H2,(H4-,23,24,25,29,30,31,33,34)/t17?,21-/m0/s1. The summed E-state index contributed by atoms with van der Waals surface area (Å²) in [6, 6.07) is 3.97. The van der Waals surface area contributed by atoms with Gasteiger partial charge in [-0.2, -0.15) is 0 Å². The van der Waals surface area contributed by atoms with E-state index in [9.17, 15) is 24.3 Å². The highest BCUT2D eigenvalue weighted by molar-refractivity contribution is 8.00. The molecule has 2 atom stereocenters. The first-order valence-corrected chi connectivity index (χ1v) is 12.9. The van der Waals surface area contributed by atoms with Gasteiger partial charge in [0.05, 0.1) is 17.1 Å². The number of carbonyl (C=O) groups is 4. The maximum absolute atomic E-state index is 13.0. The zero-order chi connectivity index (χ0) is 27.0. The molecule has 0 aromatic carbocycles. The molecule has 1 fully saturated rings. The molecule has 3 aromatic rings. The summed E-state index contributed by atoms with van der Waals surface area (Å²) in [4.78, 5) is 54.5. The van der Waals surface area contributed by atoms with Gasteiger partial charge in [0.2, 0.25) is 12.5 Å². The number of nitrogens with zero attached hydrogens (tertiary/aromatic N) is 4. The summed E-state index contributed by atoms with van der Waals surface area (Å²) in [5.74, 6) is -4.27. The molecule has 3 aromatic heterocycles. The summed E-state index contributed by atoms with van der Waals surface area (Å²) in [5.41, 5.74) is 5.13.